The molecule has 1 nitrogen and oxygen atoms in total. The topological polar surface area (TPSA) is 17.1 Å². The molecule has 0 N–H and O–H groups in total. The van der Waals surface area contributed by atoms with E-state index in [1.807, 2.05) is 0 Å². The first-order valence-electron chi connectivity index (χ1n) is 5.84. The molecule has 1 aliphatic rings. The Morgan fingerprint density at radius 3 is 2.27 bits per heavy atom. The van der Waals surface area contributed by atoms with Crippen LogP contribution in [0.1, 0.15) is 44.6 Å². The van der Waals surface area contributed by atoms with E-state index in [9.17, 15) is 4.79 Å². The number of ketones is 1. The molecule has 1 aliphatic carbocycles. The Labute approximate surface area is 91.5 Å². The minimum atomic E-state index is 0.273. The second kappa shape index (κ2) is 4.18. The Hall–Kier alpha value is -1.11. The summed E-state index contributed by atoms with van der Waals surface area (Å²) in [6.07, 6.45) is 4.74. The summed E-state index contributed by atoms with van der Waals surface area (Å²) in [6.45, 7) is 2.24. The van der Waals surface area contributed by atoms with E-state index in [0.29, 0.717) is 5.78 Å². The van der Waals surface area contributed by atoms with Gasteiger partial charge >= 0.3 is 0 Å². The molecule has 0 spiro atoms. The molecule has 15 heavy (non-hydrogen) atoms. The third-order valence-corrected chi connectivity index (χ3v) is 3.83. The fraction of sp³-hybridized carbons (Fsp3) is 0.500. The van der Waals surface area contributed by atoms with Crippen LogP contribution in [0.2, 0.25) is 0 Å². The van der Waals surface area contributed by atoms with E-state index in [1.54, 1.807) is 0 Å². The van der Waals surface area contributed by atoms with E-state index in [0.717, 1.165) is 32.1 Å². The highest BCUT2D eigenvalue weighted by molar-refractivity contribution is 5.79. The zero-order valence-electron chi connectivity index (χ0n) is 9.33. The van der Waals surface area contributed by atoms with Gasteiger partial charge in [0.05, 0.1) is 0 Å². The molecule has 0 aliphatic heterocycles. The molecule has 1 aromatic rings. The Bertz CT molecular complexity index is 330. The summed E-state index contributed by atoms with van der Waals surface area (Å²) in [7, 11) is 0. The van der Waals surface area contributed by atoms with Gasteiger partial charge in [0.1, 0.15) is 5.78 Å². The minimum Gasteiger partial charge on any atom is -0.300 e. The zero-order valence-corrected chi connectivity index (χ0v) is 9.33. The second-order valence-corrected chi connectivity index (χ2v) is 4.54. The van der Waals surface area contributed by atoms with Crippen molar-refractivity contribution >= 4 is 5.78 Å². The number of hydrogen-bond acceptors (Lipinski definition) is 1. The summed E-state index contributed by atoms with van der Waals surface area (Å²) in [5.41, 5.74) is 1.69. The van der Waals surface area contributed by atoms with Crippen LogP contribution in [0.25, 0.3) is 0 Å². The number of Topliss-reactive ketones (excluding diaryl/α,β-unsaturated/α-hetero) is 1. The highest BCUT2D eigenvalue weighted by Gasteiger charge is 2.34. The lowest BCUT2D eigenvalue weighted by atomic mass is 9.67. The van der Waals surface area contributed by atoms with Crippen LogP contribution < -0.4 is 0 Å². The normalized spacial score (nSPS) is 20.2. The third kappa shape index (κ3) is 1.97. The number of benzene rings is 1. The highest BCUT2D eigenvalue weighted by atomic mass is 16.1. The van der Waals surface area contributed by atoms with Gasteiger partial charge in [-0.15, -0.1) is 0 Å². The van der Waals surface area contributed by atoms with Gasteiger partial charge in [-0.25, -0.2) is 0 Å². The van der Waals surface area contributed by atoms with Gasteiger partial charge in [-0.1, -0.05) is 37.3 Å². The van der Waals surface area contributed by atoms with Crippen molar-refractivity contribution in [3.8, 4) is 0 Å². The van der Waals surface area contributed by atoms with Gasteiger partial charge in [-0.05, 0) is 30.2 Å². The average Bonchev–Trinajstić information content (AvgIpc) is 2.32. The van der Waals surface area contributed by atoms with Gasteiger partial charge in [0, 0.05) is 12.8 Å². The van der Waals surface area contributed by atoms with E-state index >= 15 is 0 Å². The smallest absolute Gasteiger partial charge is 0.132 e. The molecule has 0 bridgehead atoms. The Morgan fingerprint density at radius 1 is 1.13 bits per heavy atom. The van der Waals surface area contributed by atoms with Crippen molar-refractivity contribution in [1.82, 2.24) is 0 Å². The van der Waals surface area contributed by atoms with E-state index in [1.165, 1.54) is 5.56 Å². The average molecular weight is 202 g/mol. The van der Waals surface area contributed by atoms with Crippen LogP contribution in [0.5, 0.6) is 0 Å². The van der Waals surface area contributed by atoms with Crippen LogP contribution in [0, 0.1) is 0 Å². The van der Waals surface area contributed by atoms with Crippen LogP contribution in [-0.2, 0) is 10.2 Å². The maximum Gasteiger partial charge on any atom is 0.132 e. The SMILES string of the molecule is CCC1(c2ccccc2)CCC(=O)CC1. The first kappa shape index (κ1) is 10.4. The predicted molar refractivity (Wildman–Crippen MR) is 61.9 cm³/mol. The summed E-state index contributed by atoms with van der Waals surface area (Å²) < 4.78 is 0. The van der Waals surface area contributed by atoms with Crippen LogP contribution in [0.3, 0.4) is 0 Å². The van der Waals surface area contributed by atoms with Crippen molar-refractivity contribution in [3.05, 3.63) is 35.9 Å². The molecule has 80 valence electrons. The Balaban J connectivity index is 2.26. The lowest BCUT2D eigenvalue weighted by Crippen LogP contribution is -2.31. The number of hydrogen-bond donors (Lipinski definition) is 0. The molecule has 1 fully saturated rings. The van der Waals surface area contributed by atoms with E-state index in [-0.39, 0.29) is 5.41 Å². The molecule has 0 aromatic heterocycles. The molecule has 0 unspecified atom stereocenters. The van der Waals surface area contributed by atoms with Crippen molar-refractivity contribution in [3.63, 3.8) is 0 Å². The molecule has 0 radical (unpaired) electrons. The lowest BCUT2D eigenvalue weighted by Gasteiger charge is -2.36. The van der Waals surface area contributed by atoms with Gasteiger partial charge in [0.25, 0.3) is 0 Å². The maximum atomic E-state index is 11.3. The molecular formula is C14H18O. The Morgan fingerprint density at radius 2 is 1.73 bits per heavy atom. The van der Waals surface area contributed by atoms with Crippen LogP contribution >= 0.6 is 0 Å². The van der Waals surface area contributed by atoms with Crippen molar-refractivity contribution in [2.45, 2.75) is 44.4 Å². The van der Waals surface area contributed by atoms with Crippen LogP contribution in [-0.4, -0.2) is 5.78 Å². The molecule has 1 aromatic carbocycles. The minimum absolute atomic E-state index is 0.273. The third-order valence-electron chi connectivity index (χ3n) is 3.83. The maximum absolute atomic E-state index is 11.3. The first-order valence-corrected chi connectivity index (χ1v) is 5.84. The summed E-state index contributed by atoms with van der Waals surface area (Å²) in [5.74, 6) is 0.440. The van der Waals surface area contributed by atoms with Gasteiger partial charge < -0.3 is 0 Å². The van der Waals surface area contributed by atoms with Crippen LogP contribution in [0.4, 0.5) is 0 Å². The molecule has 0 heterocycles. The van der Waals surface area contributed by atoms with Gasteiger partial charge in [0.15, 0.2) is 0 Å². The molecule has 2 rings (SSSR count). The van der Waals surface area contributed by atoms with Gasteiger partial charge in [-0.2, -0.15) is 0 Å². The van der Waals surface area contributed by atoms with E-state index in [2.05, 4.69) is 37.3 Å². The molecule has 0 saturated heterocycles. The summed E-state index contributed by atoms with van der Waals surface area (Å²) >= 11 is 0. The van der Waals surface area contributed by atoms with E-state index in [4.69, 9.17) is 0 Å². The number of rotatable bonds is 2. The highest BCUT2D eigenvalue weighted by Crippen LogP contribution is 2.40. The van der Waals surface area contributed by atoms with Crippen molar-refractivity contribution in [1.29, 1.82) is 0 Å². The fourth-order valence-electron chi connectivity index (χ4n) is 2.65. The largest absolute Gasteiger partial charge is 0.300 e. The van der Waals surface area contributed by atoms with Gasteiger partial charge in [0.2, 0.25) is 0 Å². The summed E-state index contributed by atoms with van der Waals surface area (Å²) in [4.78, 5) is 11.3. The molecule has 0 amide bonds. The van der Waals surface area contributed by atoms with Crippen molar-refractivity contribution < 1.29 is 4.79 Å². The zero-order chi connectivity index (χ0) is 10.7. The number of carbonyl (C=O) groups is 1. The van der Waals surface area contributed by atoms with Crippen molar-refractivity contribution in [2.75, 3.05) is 0 Å². The first-order chi connectivity index (χ1) is 7.27. The van der Waals surface area contributed by atoms with Crippen LogP contribution in [0.15, 0.2) is 30.3 Å². The predicted octanol–water partition coefficient (Wildman–Crippen LogP) is 3.48. The standard InChI is InChI=1S/C14H18O/c1-2-14(10-8-13(15)9-11-14)12-6-4-3-5-7-12/h3-7H,2,8-11H2,1H3. The molecule has 1 heteroatoms. The number of carbonyl (C=O) groups excluding carboxylic acids is 1. The van der Waals surface area contributed by atoms with Gasteiger partial charge in [-0.3, -0.25) is 4.79 Å². The molecule has 1 saturated carbocycles. The molecule has 0 atom stereocenters. The quantitative estimate of drug-likeness (QED) is 0.717. The second-order valence-electron chi connectivity index (χ2n) is 4.54. The fourth-order valence-corrected chi connectivity index (χ4v) is 2.65. The monoisotopic (exact) mass is 202 g/mol. The summed E-state index contributed by atoms with van der Waals surface area (Å²) in [5, 5.41) is 0. The molecular weight excluding hydrogens is 184 g/mol. The summed E-state index contributed by atoms with van der Waals surface area (Å²) in [6, 6.07) is 10.7. The van der Waals surface area contributed by atoms with E-state index < -0.39 is 0 Å². The van der Waals surface area contributed by atoms with Crippen molar-refractivity contribution in [2.24, 2.45) is 0 Å². The lowest BCUT2D eigenvalue weighted by molar-refractivity contribution is -0.121. The Kier molecular flexibility index (Phi) is 2.90.